The number of benzene rings is 1. The Kier molecular flexibility index (Phi) is 4.20. The van der Waals surface area contributed by atoms with Crippen molar-refractivity contribution in [3.05, 3.63) is 29.8 Å². The number of ketones is 1. The number of piperidine rings is 1. The van der Waals surface area contributed by atoms with Crippen LogP contribution in [0.2, 0.25) is 0 Å². The maximum atomic E-state index is 11.2. The van der Waals surface area contributed by atoms with Crippen molar-refractivity contribution in [2.45, 2.75) is 32.7 Å². The van der Waals surface area contributed by atoms with E-state index in [1.165, 1.54) is 0 Å². The van der Waals surface area contributed by atoms with E-state index in [1.54, 1.807) is 13.8 Å². The summed E-state index contributed by atoms with van der Waals surface area (Å²) in [5.41, 5.74) is 1.89. The highest BCUT2D eigenvalue weighted by molar-refractivity contribution is 5.94. The molecule has 1 amide bonds. The number of carbonyl (C=O) groups excluding carboxylic acids is 2. The first-order valence-electron chi connectivity index (χ1n) is 6.69. The molecule has 1 saturated heterocycles. The number of rotatable bonds is 3. The van der Waals surface area contributed by atoms with Crippen LogP contribution in [0.25, 0.3) is 0 Å². The molecule has 1 aliphatic heterocycles. The van der Waals surface area contributed by atoms with Gasteiger partial charge in [-0.15, -0.1) is 0 Å². The summed E-state index contributed by atoms with van der Waals surface area (Å²) in [7, 11) is 0. The minimum atomic E-state index is 0.0456. The number of nitrogens with one attached hydrogen (secondary N) is 1. The molecule has 1 N–H and O–H groups in total. The van der Waals surface area contributed by atoms with Crippen LogP contribution in [0.1, 0.15) is 37.0 Å². The third-order valence-corrected chi connectivity index (χ3v) is 3.54. The molecule has 1 heterocycles. The van der Waals surface area contributed by atoms with Crippen molar-refractivity contribution >= 4 is 17.4 Å². The minimum absolute atomic E-state index is 0.0456. The zero-order valence-electron chi connectivity index (χ0n) is 11.5. The Morgan fingerprint density at radius 1 is 1.11 bits per heavy atom. The van der Waals surface area contributed by atoms with Crippen molar-refractivity contribution in [2.24, 2.45) is 0 Å². The zero-order chi connectivity index (χ0) is 13.8. The molecule has 102 valence electrons. The number of amides is 1. The fourth-order valence-electron chi connectivity index (χ4n) is 2.48. The van der Waals surface area contributed by atoms with Crippen molar-refractivity contribution in [2.75, 3.05) is 18.0 Å². The SMILES string of the molecule is CC(=O)NC1CCN(c2ccc(C(C)=O)cc2)CC1. The zero-order valence-corrected chi connectivity index (χ0v) is 11.5. The second kappa shape index (κ2) is 5.87. The Hall–Kier alpha value is -1.84. The number of hydrogen-bond acceptors (Lipinski definition) is 3. The lowest BCUT2D eigenvalue weighted by Crippen LogP contribution is -2.44. The number of anilines is 1. The number of hydrogen-bond donors (Lipinski definition) is 1. The van der Waals surface area contributed by atoms with Crippen LogP contribution in [0.15, 0.2) is 24.3 Å². The van der Waals surface area contributed by atoms with E-state index in [4.69, 9.17) is 0 Å². The average Bonchev–Trinajstić information content (AvgIpc) is 2.39. The van der Waals surface area contributed by atoms with Gasteiger partial charge in [-0.05, 0) is 44.0 Å². The third-order valence-electron chi connectivity index (χ3n) is 3.54. The van der Waals surface area contributed by atoms with E-state index in [0.29, 0.717) is 6.04 Å². The molecule has 0 bridgehead atoms. The first-order chi connectivity index (χ1) is 9.06. The van der Waals surface area contributed by atoms with Crippen molar-refractivity contribution in [3.63, 3.8) is 0 Å². The molecule has 0 radical (unpaired) electrons. The summed E-state index contributed by atoms with van der Waals surface area (Å²) < 4.78 is 0. The van der Waals surface area contributed by atoms with Crippen molar-refractivity contribution < 1.29 is 9.59 Å². The summed E-state index contributed by atoms with van der Waals surface area (Å²) in [6.45, 7) is 5.01. The van der Waals surface area contributed by atoms with Gasteiger partial charge in [-0.1, -0.05) is 0 Å². The van der Waals surface area contributed by atoms with E-state index in [9.17, 15) is 9.59 Å². The van der Waals surface area contributed by atoms with Crippen LogP contribution in [0.3, 0.4) is 0 Å². The summed E-state index contributed by atoms with van der Waals surface area (Å²) in [5.74, 6) is 0.139. The summed E-state index contributed by atoms with van der Waals surface area (Å²) >= 11 is 0. The molecule has 19 heavy (non-hydrogen) atoms. The van der Waals surface area contributed by atoms with Gasteiger partial charge in [0, 0.05) is 37.3 Å². The van der Waals surface area contributed by atoms with E-state index >= 15 is 0 Å². The molecule has 4 heteroatoms. The van der Waals surface area contributed by atoms with Crippen LogP contribution >= 0.6 is 0 Å². The Bertz CT molecular complexity index is 460. The molecule has 0 aromatic heterocycles. The maximum Gasteiger partial charge on any atom is 0.217 e. The topological polar surface area (TPSA) is 49.4 Å². The highest BCUT2D eigenvalue weighted by Gasteiger charge is 2.19. The molecule has 0 saturated carbocycles. The summed E-state index contributed by atoms with van der Waals surface area (Å²) in [6, 6.07) is 8.03. The van der Waals surface area contributed by atoms with Gasteiger partial charge in [0.15, 0.2) is 5.78 Å². The van der Waals surface area contributed by atoms with Crippen LogP contribution in [-0.4, -0.2) is 30.8 Å². The molecule has 1 aromatic rings. The van der Waals surface area contributed by atoms with E-state index in [-0.39, 0.29) is 11.7 Å². The van der Waals surface area contributed by atoms with Crippen molar-refractivity contribution in [1.82, 2.24) is 5.32 Å². The van der Waals surface area contributed by atoms with Crippen LogP contribution in [0.4, 0.5) is 5.69 Å². The van der Waals surface area contributed by atoms with Crippen LogP contribution in [-0.2, 0) is 4.79 Å². The fraction of sp³-hybridized carbons (Fsp3) is 0.467. The van der Waals surface area contributed by atoms with E-state index < -0.39 is 0 Å². The molecule has 0 atom stereocenters. The van der Waals surface area contributed by atoms with Crippen molar-refractivity contribution in [1.29, 1.82) is 0 Å². The smallest absolute Gasteiger partial charge is 0.217 e. The van der Waals surface area contributed by atoms with Gasteiger partial charge >= 0.3 is 0 Å². The number of nitrogens with zero attached hydrogens (tertiary/aromatic N) is 1. The Morgan fingerprint density at radius 2 is 1.68 bits per heavy atom. The summed E-state index contributed by atoms with van der Waals surface area (Å²) in [5, 5.41) is 2.97. The molecule has 4 nitrogen and oxygen atoms in total. The number of carbonyl (C=O) groups is 2. The second-order valence-corrected chi connectivity index (χ2v) is 5.06. The molecule has 0 spiro atoms. The molecule has 1 aromatic carbocycles. The monoisotopic (exact) mass is 260 g/mol. The lowest BCUT2D eigenvalue weighted by atomic mass is 10.0. The molecular weight excluding hydrogens is 240 g/mol. The van der Waals surface area contributed by atoms with E-state index in [2.05, 4.69) is 10.2 Å². The third kappa shape index (κ3) is 3.56. The predicted octanol–water partition coefficient (Wildman–Crippen LogP) is 1.99. The van der Waals surface area contributed by atoms with Crippen molar-refractivity contribution in [3.8, 4) is 0 Å². The van der Waals surface area contributed by atoms with Gasteiger partial charge in [-0.2, -0.15) is 0 Å². The lowest BCUT2D eigenvalue weighted by Gasteiger charge is -2.33. The summed E-state index contributed by atoms with van der Waals surface area (Å²) in [6.07, 6.45) is 1.93. The molecule has 0 aliphatic carbocycles. The second-order valence-electron chi connectivity index (χ2n) is 5.06. The highest BCUT2D eigenvalue weighted by Crippen LogP contribution is 2.20. The number of Topliss-reactive ketones (excluding diaryl/α,β-unsaturated/α-hetero) is 1. The quantitative estimate of drug-likeness (QED) is 0.846. The Labute approximate surface area is 113 Å². The standard InChI is InChI=1S/C15H20N2O2/c1-11(18)13-3-5-15(6-4-13)17-9-7-14(8-10-17)16-12(2)19/h3-6,14H,7-10H2,1-2H3,(H,16,19). The Morgan fingerprint density at radius 3 is 2.16 bits per heavy atom. The van der Waals surface area contributed by atoms with Gasteiger partial charge < -0.3 is 10.2 Å². The normalized spacial score (nSPS) is 16.2. The van der Waals surface area contributed by atoms with E-state index in [0.717, 1.165) is 37.2 Å². The fourth-order valence-corrected chi connectivity index (χ4v) is 2.48. The molecule has 2 rings (SSSR count). The molecule has 1 fully saturated rings. The first-order valence-corrected chi connectivity index (χ1v) is 6.69. The maximum absolute atomic E-state index is 11.2. The summed E-state index contributed by atoms with van der Waals surface area (Å²) in [4.78, 5) is 24.5. The van der Waals surface area contributed by atoms with Gasteiger partial charge in [-0.25, -0.2) is 0 Å². The van der Waals surface area contributed by atoms with Crippen LogP contribution in [0, 0.1) is 0 Å². The highest BCUT2D eigenvalue weighted by atomic mass is 16.1. The average molecular weight is 260 g/mol. The molecule has 1 aliphatic rings. The van der Waals surface area contributed by atoms with Gasteiger partial charge in [0.25, 0.3) is 0 Å². The largest absolute Gasteiger partial charge is 0.371 e. The lowest BCUT2D eigenvalue weighted by molar-refractivity contribution is -0.119. The van der Waals surface area contributed by atoms with Gasteiger partial charge in [0.05, 0.1) is 0 Å². The predicted molar refractivity (Wildman–Crippen MR) is 75.5 cm³/mol. The van der Waals surface area contributed by atoms with Gasteiger partial charge in [0.2, 0.25) is 5.91 Å². The van der Waals surface area contributed by atoms with E-state index in [1.807, 2.05) is 24.3 Å². The molecule has 0 unspecified atom stereocenters. The Balaban J connectivity index is 1.94. The first kappa shape index (κ1) is 13.6. The molecular formula is C15H20N2O2. The van der Waals surface area contributed by atoms with Crippen LogP contribution in [0.5, 0.6) is 0 Å². The van der Waals surface area contributed by atoms with Gasteiger partial charge in [-0.3, -0.25) is 9.59 Å². The van der Waals surface area contributed by atoms with Crippen LogP contribution < -0.4 is 10.2 Å². The minimum Gasteiger partial charge on any atom is -0.371 e. The van der Waals surface area contributed by atoms with Gasteiger partial charge in [0.1, 0.15) is 0 Å².